The van der Waals surface area contributed by atoms with Crippen LogP contribution in [0.5, 0.6) is 0 Å². The molecule has 0 aliphatic carbocycles. The second-order valence-electron chi connectivity index (χ2n) is 4.60. The fraction of sp³-hybridized carbons (Fsp3) is 0.235. The monoisotopic (exact) mass is 255 g/mol. The van der Waals surface area contributed by atoms with E-state index in [-0.39, 0.29) is 5.82 Å². The van der Waals surface area contributed by atoms with E-state index in [1.54, 1.807) is 13.1 Å². The highest BCUT2D eigenvalue weighted by Crippen LogP contribution is 2.12. The second kappa shape index (κ2) is 6.28. The van der Waals surface area contributed by atoms with E-state index in [9.17, 15) is 4.39 Å². The molecule has 2 aromatic rings. The molecule has 98 valence electrons. The van der Waals surface area contributed by atoms with Crippen LogP contribution in [0.2, 0.25) is 0 Å². The molecule has 0 aliphatic rings. The van der Waals surface area contributed by atoms with Gasteiger partial charge in [-0.25, -0.2) is 4.39 Å². The van der Waals surface area contributed by atoms with Crippen LogP contribution in [0.15, 0.2) is 53.5 Å². The van der Waals surface area contributed by atoms with Gasteiger partial charge in [0.15, 0.2) is 0 Å². The van der Waals surface area contributed by atoms with E-state index < -0.39 is 0 Å². The standard InChI is InChI=1S/C17H18FN/c1-13(19-2)15-10-7-14(8-11-15)9-12-16-5-3-4-6-17(16)18/h3-8,10-11H,9,12H2,1-2H3. The van der Waals surface area contributed by atoms with Gasteiger partial charge in [-0.05, 0) is 42.5 Å². The first-order valence-electron chi connectivity index (χ1n) is 6.47. The van der Waals surface area contributed by atoms with Gasteiger partial charge < -0.3 is 0 Å². The summed E-state index contributed by atoms with van der Waals surface area (Å²) in [5.41, 5.74) is 4.16. The molecule has 0 amide bonds. The van der Waals surface area contributed by atoms with Crippen LogP contribution in [0, 0.1) is 5.82 Å². The quantitative estimate of drug-likeness (QED) is 0.731. The first-order valence-corrected chi connectivity index (χ1v) is 6.47. The summed E-state index contributed by atoms with van der Waals surface area (Å²) >= 11 is 0. The van der Waals surface area contributed by atoms with E-state index in [2.05, 4.69) is 29.3 Å². The zero-order valence-electron chi connectivity index (χ0n) is 11.4. The van der Waals surface area contributed by atoms with Crippen LogP contribution in [-0.4, -0.2) is 12.8 Å². The second-order valence-corrected chi connectivity index (χ2v) is 4.60. The number of nitrogens with zero attached hydrogens (tertiary/aromatic N) is 1. The molecular formula is C17H18FN. The first-order chi connectivity index (χ1) is 9.20. The van der Waals surface area contributed by atoms with E-state index in [1.165, 1.54) is 11.6 Å². The largest absolute Gasteiger partial charge is 0.293 e. The predicted molar refractivity (Wildman–Crippen MR) is 78.4 cm³/mol. The van der Waals surface area contributed by atoms with Gasteiger partial charge in [0.2, 0.25) is 0 Å². The Bertz CT molecular complexity index is 570. The molecule has 0 aliphatic heterocycles. The zero-order chi connectivity index (χ0) is 13.7. The molecule has 0 heterocycles. The van der Waals surface area contributed by atoms with Crippen molar-refractivity contribution in [2.45, 2.75) is 19.8 Å². The number of aliphatic imine (C=N–C) groups is 1. The fourth-order valence-electron chi connectivity index (χ4n) is 2.02. The van der Waals surface area contributed by atoms with Crippen molar-refractivity contribution >= 4 is 5.71 Å². The Kier molecular flexibility index (Phi) is 4.45. The summed E-state index contributed by atoms with van der Waals surface area (Å²) in [4.78, 5) is 4.16. The Morgan fingerprint density at radius 2 is 1.68 bits per heavy atom. The summed E-state index contributed by atoms with van der Waals surface area (Å²) < 4.78 is 13.5. The molecule has 0 saturated carbocycles. The Morgan fingerprint density at radius 1 is 1.00 bits per heavy atom. The maximum Gasteiger partial charge on any atom is 0.126 e. The highest BCUT2D eigenvalue weighted by atomic mass is 19.1. The van der Waals surface area contributed by atoms with Crippen molar-refractivity contribution in [3.05, 3.63) is 71.0 Å². The number of rotatable bonds is 4. The van der Waals surface area contributed by atoms with E-state index in [0.29, 0.717) is 0 Å². The van der Waals surface area contributed by atoms with Crippen molar-refractivity contribution in [2.75, 3.05) is 7.05 Å². The molecule has 2 aromatic carbocycles. The minimum absolute atomic E-state index is 0.118. The molecule has 0 spiro atoms. The van der Waals surface area contributed by atoms with E-state index in [1.807, 2.05) is 19.1 Å². The number of hydrogen-bond acceptors (Lipinski definition) is 1. The van der Waals surface area contributed by atoms with Crippen LogP contribution < -0.4 is 0 Å². The van der Waals surface area contributed by atoms with Gasteiger partial charge in [0.25, 0.3) is 0 Å². The van der Waals surface area contributed by atoms with Crippen LogP contribution in [-0.2, 0) is 12.8 Å². The first kappa shape index (κ1) is 13.5. The lowest BCUT2D eigenvalue weighted by Gasteiger charge is -2.05. The smallest absolute Gasteiger partial charge is 0.126 e. The van der Waals surface area contributed by atoms with Gasteiger partial charge in [0, 0.05) is 12.8 Å². The molecule has 0 atom stereocenters. The summed E-state index contributed by atoms with van der Waals surface area (Å²) in [7, 11) is 1.79. The van der Waals surface area contributed by atoms with Gasteiger partial charge in [-0.1, -0.05) is 42.5 Å². The maximum atomic E-state index is 13.5. The van der Waals surface area contributed by atoms with Crippen molar-refractivity contribution in [1.29, 1.82) is 0 Å². The third-order valence-electron chi connectivity index (χ3n) is 3.35. The minimum atomic E-state index is -0.118. The molecule has 1 nitrogen and oxygen atoms in total. The van der Waals surface area contributed by atoms with E-state index in [0.717, 1.165) is 29.7 Å². The van der Waals surface area contributed by atoms with Crippen LogP contribution in [0.3, 0.4) is 0 Å². The zero-order valence-corrected chi connectivity index (χ0v) is 11.4. The van der Waals surface area contributed by atoms with Crippen molar-refractivity contribution in [1.82, 2.24) is 0 Å². The van der Waals surface area contributed by atoms with E-state index >= 15 is 0 Å². The highest BCUT2D eigenvalue weighted by molar-refractivity contribution is 5.98. The molecule has 0 N–H and O–H groups in total. The Hall–Kier alpha value is -1.96. The van der Waals surface area contributed by atoms with Gasteiger partial charge >= 0.3 is 0 Å². The third-order valence-corrected chi connectivity index (χ3v) is 3.35. The van der Waals surface area contributed by atoms with Crippen LogP contribution in [0.4, 0.5) is 4.39 Å². The molecule has 2 rings (SSSR count). The van der Waals surface area contributed by atoms with Crippen LogP contribution in [0.25, 0.3) is 0 Å². The van der Waals surface area contributed by atoms with Gasteiger partial charge in [0.1, 0.15) is 5.82 Å². The number of aryl methyl sites for hydroxylation is 2. The molecule has 0 aromatic heterocycles. The molecule has 0 unspecified atom stereocenters. The molecule has 2 heteroatoms. The van der Waals surface area contributed by atoms with Crippen molar-refractivity contribution in [2.24, 2.45) is 4.99 Å². The summed E-state index contributed by atoms with van der Waals surface area (Å²) in [6, 6.07) is 15.3. The van der Waals surface area contributed by atoms with Gasteiger partial charge in [-0.15, -0.1) is 0 Å². The lowest BCUT2D eigenvalue weighted by Crippen LogP contribution is -1.97. The number of hydrogen-bond donors (Lipinski definition) is 0. The molecule has 0 saturated heterocycles. The predicted octanol–water partition coefficient (Wildman–Crippen LogP) is 4.05. The van der Waals surface area contributed by atoms with Gasteiger partial charge in [0.05, 0.1) is 0 Å². The minimum Gasteiger partial charge on any atom is -0.293 e. The fourth-order valence-corrected chi connectivity index (χ4v) is 2.02. The van der Waals surface area contributed by atoms with E-state index in [4.69, 9.17) is 0 Å². The normalized spacial score (nSPS) is 11.6. The SMILES string of the molecule is CN=C(C)c1ccc(CCc2ccccc2F)cc1. The Labute approximate surface area is 113 Å². The lowest BCUT2D eigenvalue weighted by atomic mass is 10.0. The summed E-state index contributed by atoms with van der Waals surface area (Å²) in [5.74, 6) is -0.118. The van der Waals surface area contributed by atoms with Crippen LogP contribution >= 0.6 is 0 Å². The van der Waals surface area contributed by atoms with Gasteiger partial charge in [-0.2, -0.15) is 0 Å². The van der Waals surface area contributed by atoms with Crippen LogP contribution in [0.1, 0.15) is 23.6 Å². The highest BCUT2D eigenvalue weighted by Gasteiger charge is 2.02. The topological polar surface area (TPSA) is 12.4 Å². The lowest BCUT2D eigenvalue weighted by molar-refractivity contribution is 0.608. The average molecular weight is 255 g/mol. The number of halogens is 1. The average Bonchev–Trinajstić information content (AvgIpc) is 2.46. The van der Waals surface area contributed by atoms with Gasteiger partial charge in [-0.3, -0.25) is 4.99 Å². The summed E-state index contributed by atoms with van der Waals surface area (Å²) in [5, 5.41) is 0. The molecule has 19 heavy (non-hydrogen) atoms. The Morgan fingerprint density at radius 3 is 2.32 bits per heavy atom. The molecule has 0 radical (unpaired) electrons. The third kappa shape index (κ3) is 3.50. The number of benzene rings is 2. The molecular weight excluding hydrogens is 237 g/mol. The molecule has 0 bridgehead atoms. The van der Waals surface area contributed by atoms with Crippen molar-refractivity contribution < 1.29 is 4.39 Å². The van der Waals surface area contributed by atoms with Crippen molar-refractivity contribution in [3.8, 4) is 0 Å². The summed E-state index contributed by atoms with van der Waals surface area (Å²) in [6.45, 7) is 1.99. The maximum absolute atomic E-state index is 13.5. The molecule has 0 fully saturated rings. The van der Waals surface area contributed by atoms with Crippen molar-refractivity contribution in [3.63, 3.8) is 0 Å². The Balaban J connectivity index is 2.03. The summed E-state index contributed by atoms with van der Waals surface area (Å²) in [6.07, 6.45) is 1.58.